The maximum Gasteiger partial charge on any atom is 0.257 e. The summed E-state index contributed by atoms with van der Waals surface area (Å²) in [6.07, 6.45) is 0. The second-order valence-corrected chi connectivity index (χ2v) is 3.29. The highest BCUT2D eigenvalue weighted by Crippen LogP contribution is 2.34. The van der Waals surface area contributed by atoms with Gasteiger partial charge < -0.3 is 9.47 Å². The Morgan fingerprint density at radius 2 is 1.62 bits per heavy atom. The molecule has 0 bridgehead atoms. The van der Waals surface area contributed by atoms with Crippen LogP contribution in [0.2, 0.25) is 0 Å². The number of halogens is 1. The molecule has 0 saturated heterocycles. The zero-order valence-corrected chi connectivity index (χ0v) is 10.3. The highest BCUT2D eigenvalue weighted by molar-refractivity contribution is 5.91. The molecule has 2 rings (SSSR count). The number of hydrogen-bond acceptors (Lipinski definition) is 3. The second kappa shape index (κ2) is 5.03. The van der Waals surface area contributed by atoms with Crippen LogP contribution in [0.15, 0.2) is 24.3 Å². The quantitative estimate of drug-likeness (QED) is 0.808. The van der Waals surface area contributed by atoms with Crippen LogP contribution in [0.25, 0.3) is 10.8 Å². The first-order chi connectivity index (χ1) is 7.27. The fourth-order valence-corrected chi connectivity index (χ4v) is 1.71. The zero-order chi connectivity index (χ0) is 10.8. The van der Waals surface area contributed by atoms with E-state index in [4.69, 9.17) is 9.47 Å². The molecule has 0 N–H and O–H groups in total. The molecule has 0 fully saturated rings. The number of rotatable bonds is 2. The number of pyridine rings is 1. The van der Waals surface area contributed by atoms with Crippen molar-refractivity contribution in [2.75, 3.05) is 14.2 Å². The molecule has 1 aromatic heterocycles. The SMILES string of the molecule is COc1nc(C)c2ccccc2c1OC.Cl. The lowest BCUT2D eigenvalue weighted by atomic mass is 10.1. The topological polar surface area (TPSA) is 31.4 Å². The van der Waals surface area contributed by atoms with Gasteiger partial charge in [0.2, 0.25) is 0 Å². The Morgan fingerprint density at radius 3 is 2.19 bits per heavy atom. The number of benzene rings is 1. The first kappa shape index (κ1) is 12.6. The van der Waals surface area contributed by atoms with Gasteiger partial charge in [-0.3, -0.25) is 0 Å². The van der Waals surface area contributed by atoms with Crippen LogP contribution < -0.4 is 9.47 Å². The fraction of sp³-hybridized carbons (Fsp3) is 0.250. The molecule has 0 atom stereocenters. The molecule has 86 valence electrons. The van der Waals surface area contributed by atoms with E-state index in [-0.39, 0.29) is 12.4 Å². The van der Waals surface area contributed by atoms with E-state index < -0.39 is 0 Å². The van der Waals surface area contributed by atoms with E-state index in [0.29, 0.717) is 11.6 Å². The molecule has 0 aliphatic heterocycles. The van der Waals surface area contributed by atoms with Crippen molar-refractivity contribution in [3.05, 3.63) is 30.0 Å². The predicted octanol–water partition coefficient (Wildman–Crippen LogP) is 2.98. The molecule has 0 aliphatic carbocycles. The zero-order valence-electron chi connectivity index (χ0n) is 9.48. The molecule has 3 nitrogen and oxygen atoms in total. The average molecular weight is 240 g/mol. The number of nitrogens with zero attached hydrogens (tertiary/aromatic N) is 1. The largest absolute Gasteiger partial charge is 0.491 e. The predicted molar refractivity (Wildman–Crippen MR) is 66.8 cm³/mol. The van der Waals surface area contributed by atoms with Crippen molar-refractivity contribution < 1.29 is 9.47 Å². The number of hydrogen-bond donors (Lipinski definition) is 0. The number of methoxy groups -OCH3 is 2. The minimum absolute atomic E-state index is 0. The summed E-state index contributed by atoms with van der Waals surface area (Å²) in [7, 11) is 3.22. The van der Waals surface area contributed by atoms with E-state index in [1.807, 2.05) is 31.2 Å². The van der Waals surface area contributed by atoms with Crippen LogP contribution in [-0.4, -0.2) is 19.2 Å². The molecule has 0 aliphatic rings. The van der Waals surface area contributed by atoms with Crippen LogP contribution in [0.1, 0.15) is 5.69 Å². The third kappa shape index (κ3) is 1.91. The maximum atomic E-state index is 5.32. The van der Waals surface area contributed by atoms with Gasteiger partial charge in [0.05, 0.1) is 14.2 Å². The lowest BCUT2D eigenvalue weighted by molar-refractivity contribution is 0.346. The van der Waals surface area contributed by atoms with E-state index >= 15 is 0 Å². The van der Waals surface area contributed by atoms with Gasteiger partial charge in [-0.05, 0) is 6.92 Å². The van der Waals surface area contributed by atoms with Crippen LogP contribution in [-0.2, 0) is 0 Å². The molecule has 0 radical (unpaired) electrons. The van der Waals surface area contributed by atoms with E-state index in [9.17, 15) is 0 Å². The third-order valence-electron chi connectivity index (χ3n) is 2.42. The van der Waals surface area contributed by atoms with Crippen molar-refractivity contribution in [3.8, 4) is 11.6 Å². The Morgan fingerprint density at radius 1 is 1.00 bits per heavy atom. The van der Waals surface area contributed by atoms with E-state index in [2.05, 4.69) is 4.98 Å². The molecule has 0 amide bonds. The van der Waals surface area contributed by atoms with Gasteiger partial charge in [-0.2, -0.15) is 0 Å². The van der Waals surface area contributed by atoms with Crippen LogP contribution in [0.3, 0.4) is 0 Å². The van der Waals surface area contributed by atoms with E-state index in [1.165, 1.54) is 0 Å². The Hall–Kier alpha value is -1.48. The van der Waals surface area contributed by atoms with Gasteiger partial charge in [0.1, 0.15) is 0 Å². The van der Waals surface area contributed by atoms with Crippen molar-refractivity contribution in [3.63, 3.8) is 0 Å². The fourth-order valence-electron chi connectivity index (χ4n) is 1.71. The molecular formula is C12H14ClNO2. The van der Waals surface area contributed by atoms with Gasteiger partial charge >= 0.3 is 0 Å². The summed E-state index contributed by atoms with van der Waals surface area (Å²) in [5.74, 6) is 1.23. The van der Waals surface area contributed by atoms with Crippen molar-refractivity contribution in [2.45, 2.75) is 6.92 Å². The van der Waals surface area contributed by atoms with Crippen LogP contribution in [0.4, 0.5) is 0 Å². The molecule has 1 heterocycles. The Bertz CT molecular complexity index is 500. The van der Waals surface area contributed by atoms with Crippen molar-refractivity contribution in [1.82, 2.24) is 4.98 Å². The number of aryl methyl sites for hydroxylation is 1. The number of fused-ring (bicyclic) bond motifs is 1. The normalized spacial score (nSPS) is 9.69. The monoisotopic (exact) mass is 239 g/mol. The van der Waals surface area contributed by atoms with Crippen molar-refractivity contribution in [1.29, 1.82) is 0 Å². The van der Waals surface area contributed by atoms with Crippen molar-refractivity contribution in [2.24, 2.45) is 0 Å². The maximum absolute atomic E-state index is 5.32. The lowest BCUT2D eigenvalue weighted by Gasteiger charge is -2.11. The molecule has 16 heavy (non-hydrogen) atoms. The minimum atomic E-state index is 0. The molecule has 2 aromatic rings. The summed E-state index contributed by atoms with van der Waals surface area (Å²) >= 11 is 0. The second-order valence-electron chi connectivity index (χ2n) is 3.29. The highest BCUT2D eigenvalue weighted by Gasteiger charge is 2.11. The van der Waals surface area contributed by atoms with Crippen LogP contribution >= 0.6 is 12.4 Å². The van der Waals surface area contributed by atoms with Gasteiger partial charge in [-0.25, -0.2) is 4.98 Å². The Balaban J connectivity index is 0.00000128. The summed E-state index contributed by atoms with van der Waals surface area (Å²) in [4.78, 5) is 4.34. The molecular weight excluding hydrogens is 226 g/mol. The Labute approximate surface area is 101 Å². The van der Waals surface area contributed by atoms with Gasteiger partial charge in [-0.15, -0.1) is 12.4 Å². The van der Waals surface area contributed by atoms with Gasteiger partial charge in [0.25, 0.3) is 5.88 Å². The summed E-state index contributed by atoms with van der Waals surface area (Å²) in [5, 5.41) is 2.12. The summed E-state index contributed by atoms with van der Waals surface area (Å²) in [5.41, 5.74) is 0.947. The van der Waals surface area contributed by atoms with Gasteiger partial charge in [-0.1, -0.05) is 24.3 Å². The third-order valence-corrected chi connectivity index (χ3v) is 2.42. The molecule has 0 saturated carbocycles. The Kier molecular flexibility index (Phi) is 3.96. The van der Waals surface area contributed by atoms with Crippen LogP contribution in [0, 0.1) is 6.92 Å². The molecule has 1 aromatic carbocycles. The van der Waals surface area contributed by atoms with Crippen LogP contribution in [0.5, 0.6) is 11.6 Å². The molecule has 4 heteroatoms. The first-order valence-electron chi connectivity index (χ1n) is 4.75. The number of ether oxygens (including phenoxy) is 2. The standard InChI is InChI=1S/C12H13NO2.ClH/c1-8-9-6-4-5-7-10(9)11(14-2)12(13-8)15-3;/h4-7H,1-3H3;1H. The van der Waals surface area contributed by atoms with E-state index in [1.54, 1.807) is 14.2 Å². The highest BCUT2D eigenvalue weighted by atomic mass is 35.5. The van der Waals surface area contributed by atoms with Gasteiger partial charge in [0.15, 0.2) is 5.75 Å². The average Bonchev–Trinajstić information content (AvgIpc) is 2.29. The van der Waals surface area contributed by atoms with E-state index in [0.717, 1.165) is 16.5 Å². The molecule has 0 spiro atoms. The van der Waals surface area contributed by atoms with Crippen molar-refractivity contribution >= 4 is 23.2 Å². The molecule has 0 unspecified atom stereocenters. The lowest BCUT2D eigenvalue weighted by Crippen LogP contribution is -1.96. The first-order valence-corrected chi connectivity index (χ1v) is 4.75. The smallest absolute Gasteiger partial charge is 0.257 e. The summed E-state index contributed by atoms with van der Waals surface area (Å²) in [6.45, 7) is 1.96. The summed E-state index contributed by atoms with van der Waals surface area (Å²) < 4.78 is 10.5. The summed E-state index contributed by atoms with van der Waals surface area (Å²) in [6, 6.07) is 8.00. The minimum Gasteiger partial charge on any atom is -0.491 e. The van der Waals surface area contributed by atoms with Gasteiger partial charge in [0, 0.05) is 16.5 Å². The number of aromatic nitrogens is 1.